The monoisotopic (exact) mass is 275 g/mol. The molecule has 9 heteroatoms. The zero-order valence-corrected chi connectivity index (χ0v) is 10.3. The van der Waals surface area contributed by atoms with E-state index in [-0.39, 0.29) is 10.5 Å². The van der Waals surface area contributed by atoms with Crippen molar-refractivity contribution in [3.8, 4) is 0 Å². The van der Waals surface area contributed by atoms with Crippen LogP contribution in [0.2, 0.25) is 0 Å². The molecule has 1 saturated heterocycles. The van der Waals surface area contributed by atoms with E-state index in [1.54, 1.807) is 0 Å². The first-order valence-corrected chi connectivity index (χ1v) is 5.68. The van der Waals surface area contributed by atoms with Crippen molar-refractivity contribution < 1.29 is 20.1 Å². The van der Waals surface area contributed by atoms with Gasteiger partial charge in [0.25, 0.3) is 5.56 Å². The van der Waals surface area contributed by atoms with Gasteiger partial charge in [-0.05, 0) is 19.1 Å². The minimum absolute atomic E-state index is 0.0274. The van der Waals surface area contributed by atoms with Gasteiger partial charge in [0.05, 0.1) is 6.61 Å². The Hall–Kier alpha value is -1.13. The van der Waals surface area contributed by atoms with Crippen LogP contribution in [0.1, 0.15) is 11.9 Å². The fraction of sp³-hybridized carbons (Fsp3) is 0.667. The first-order valence-electron chi connectivity index (χ1n) is 5.28. The Morgan fingerprint density at radius 1 is 1.50 bits per heavy atom. The van der Waals surface area contributed by atoms with Gasteiger partial charge >= 0.3 is 0 Å². The summed E-state index contributed by atoms with van der Waals surface area (Å²) in [5.74, 6) is 0. The van der Waals surface area contributed by atoms with Gasteiger partial charge < -0.3 is 20.1 Å². The van der Waals surface area contributed by atoms with E-state index in [1.807, 2.05) is 0 Å². The number of nitrogens with one attached hydrogen (secondary N) is 1. The Kier molecular flexibility index (Phi) is 3.59. The quantitative estimate of drug-likeness (QED) is 0.471. The average Bonchev–Trinajstić information content (AvgIpc) is 2.61. The summed E-state index contributed by atoms with van der Waals surface area (Å²) in [7, 11) is 0. The van der Waals surface area contributed by atoms with Crippen LogP contribution < -0.4 is 5.56 Å². The molecule has 0 saturated carbocycles. The lowest BCUT2D eigenvalue weighted by molar-refractivity contribution is -0.0609. The molecule has 4 atom stereocenters. The SMILES string of the molecule is Cc1nn([C@@H]2O[C@H](CO)C(O)C2O)c(=S)[nH]c1=O. The minimum Gasteiger partial charge on any atom is -0.394 e. The second kappa shape index (κ2) is 4.86. The number of hydrogen-bond acceptors (Lipinski definition) is 7. The number of aliphatic hydroxyl groups excluding tert-OH is 3. The van der Waals surface area contributed by atoms with E-state index in [9.17, 15) is 15.0 Å². The fourth-order valence-corrected chi connectivity index (χ4v) is 1.99. The number of ether oxygens (including phenoxy) is 1. The molecule has 2 heterocycles. The van der Waals surface area contributed by atoms with Crippen molar-refractivity contribution in [2.24, 2.45) is 0 Å². The maximum absolute atomic E-state index is 11.3. The molecule has 0 aromatic carbocycles. The van der Waals surface area contributed by atoms with Gasteiger partial charge in [0, 0.05) is 0 Å². The molecule has 0 spiro atoms. The number of rotatable bonds is 2. The van der Waals surface area contributed by atoms with E-state index in [2.05, 4.69) is 10.1 Å². The van der Waals surface area contributed by atoms with Gasteiger partial charge in [0.2, 0.25) is 0 Å². The molecule has 1 aromatic rings. The smallest absolute Gasteiger partial charge is 0.273 e. The molecule has 8 nitrogen and oxygen atoms in total. The lowest BCUT2D eigenvalue weighted by Crippen LogP contribution is -2.34. The Labute approximate surface area is 106 Å². The first kappa shape index (κ1) is 13.3. The minimum atomic E-state index is -1.29. The van der Waals surface area contributed by atoms with Crippen molar-refractivity contribution in [2.45, 2.75) is 31.5 Å². The summed E-state index contributed by atoms with van der Waals surface area (Å²) in [6.45, 7) is 1.04. The molecule has 2 unspecified atom stereocenters. The summed E-state index contributed by atoms with van der Waals surface area (Å²) >= 11 is 4.91. The maximum atomic E-state index is 11.3. The van der Waals surface area contributed by atoms with Gasteiger partial charge in [-0.3, -0.25) is 9.78 Å². The molecular formula is C9H13N3O5S. The van der Waals surface area contributed by atoms with Crippen molar-refractivity contribution in [2.75, 3.05) is 6.61 Å². The topological polar surface area (TPSA) is 121 Å². The van der Waals surface area contributed by atoms with Crippen LogP contribution in [0.4, 0.5) is 0 Å². The fourth-order valence-electron chi connectivity index (χ4n) is 1.75. The molecule has 1 aliphatic rings. The summed E-state index contributed by atoms with van der Waals surface area (Å²) < 4.78 is 6.34. The van der Waals surface area contributed by atoms with Crippen molar-refractivity contribution in [3.63, 3.8) is 0 Å². The Morgan fingerprint density at radius 2 is 2.17 bits per heavy atom. The van der Waals surface area contributed by atoms with Crippen LogP contribution >= 0.6 is 12.2 Å². The lowest BCUT2D eigenvalue weighted by atomic mass is 10.1. The number of aromatic amines is 1. The molecule has 2 rings (SSSR count). The second-order valence-corrected chi connectivity index (χ2v) is 4.40. The summed E-state index contributed by atoms with van der Waals surface area (Å²) in [5, 5.41) is 32.3. The Bertz CT molecular complexity index is 556. The highest BCUT2D eigenvalue weighted by atomic mass is 32.1. The summed E-state index contributed by atoms with van der Waals surface area (Å²) in [5.41, 5.74) is -0.274. The number of aromatic nitrogens is 3. The van der Waals surface area contributed by atoms with Crippen LogP contribution in [-0.2, 0) is 4.74 Å². The first-order chi connectivity index (χ1) is 8.45. The van der Waals surface area contributed by atoms with E-state index >= 15 is 0 Å². The molecule has 0 aliphatic carbocycles. The summed E-state index contributed by atoms with van der Waals surface area (Å²) in [4.78, 5) is 13.7. The van der Waals surface area contributed by atoms with Gasteiger partial charge in [-0.1, -0.05) is 0 Å². The molecule has 1 fully saturated rings. The molecule has 4 N–H and O–H groups in total. The van der Waals surface area contributed by atoms with Crippen molar-refractivity contribution in [1.82, 2.24) is 14.8 Å². The van der Waals surface area contributed by atoms with Gasteiger partial charge in [-0.25, -0.2) is 4.68 Å². The predicted octanol–water partition coefficient (Wildman–Crippen LogP) is -1.78. The normalized spacial score (nSPS) is 31.8. The zero-order chi connectivity index (χ0) is 13.4. The third-order valence-corrected chi connectivity index (χ3v) is 3.06. The van der Waals surface area contributed by atoms with E-state index in [0.717, 1.165) is 4.68 Å². The molecule has 0 amide bonds. The number of nitrogens with zero attached hydrogens (tertiary/aromatic N) is 2. The molecule has 1 aliphatic heterocycles. The zero-order valence-electron chi connectivity index (χ0n) is 9.48. The van der Waals surface area contributed by atoms with Gasteiger partial charge in [-0.15, -0.1) is 0 Å². The molecular weight excluding hydrogens is 262 g/mol. The number of aliphatic hydroxyl groups is 3. The van der Waals surface area contributed by atoms with Crippen LogP contribution in [0.5, 0.6) is 0 Å². The van der Waals surface area contributed by atoms with Gasteiger partial charge in [0.1, 0.15) is 24.0 Å². The highest BCUT2D eigenvalue weighted by molar-refractivity contribution is 7.71. The molecule has 100 valence electrons. The largest absolute Gasteiger partial charge is 0.394 e. The Balaban J connectivity index is 2.42. The number of H-pyrrole nitrogens is 1. The van der Waals surface area contributed by atoms with E-state index < -0.39 is 36.7 Å². The van der Waals surface area contributed by atoms with E-state index in [4.69, 9.17) is 22.1 Å². The predicted molar refractivity (Wildman–Crippen MR) is 61.4 cm³/mol. The molecule has 18 heavy (non-hydrogen) atoms. The lowest BCUT2D eigenvalue weighted by Gasteiger charge is -2.17. The van der Waals surface area contributed by atoms with Crippen LogP contribution in [0.15, 0.2) is 4.79 Å². The third kappa shape index (κ3) is 2.10. The van der Waals surface area contributed by atoms with Crippen LogP contribution in [-0.4, -0.2) is 55.0 Å². The highest BCUT2D eigenvalue weighted by Crippen LogP contribution is 2.28. The maximum Gasteiger partial charge on any atom is 0.273 e. The second-order valence-electron chi connectivity index (χ2n) is 4.02. The molecule has 0 radical (unpaired) electrons. The van der Waals surface area contributed by atoms with Crippen molar-refractivity contribution >= 4 is 12.2 Å². The average molecular weight is 275 g/mol. The van der Waals surface area contributed by atoms with Gasteiger partial charge in [0.15, 0.2) is 11.0 Å². The molecule has 1 aromatic heterocycles. The molecule has 0 bridgehead atoms. The standard InChI is InChI=1S/C9H13N3O5S/c1-3-7(16)10-9(18)12(11-3)8-6(15)5(14)4(2-13)17-8/h4-6,8,13-15H,2H2,1H3,(H,10,16,18)/t4-,5?,6?,8-/m1/s1. The highest BCUT2D eigenvalue weighted by Gasteiger charge is 2.44. The van der Waals surface area contributed by atoms with Crippen LogP contribution in [0.3, 0.4) is 0 Å². The van der Waals surface area contributed by atoms with Crippen LogP contribution in [0, 0.1) is 11.7 Å². The van der Waals surface area contributed by atoms with Crippen molar-refractivity contribution in [3.05, 3.63) is 20.8 Å². The third-order valence-electron chi connectivity index (χ3n) is 2.77. The number of aryl methyl sites for hydroxylation is 1. The van der Waals surface area contributed by atoms with Gasteiger partial charge in [-0.2, -0.15) is 5.10 Å². The van der Waals surface area contributed by atoms with Crippen molar-refractivity contribution in [1.29, 1.82) is 0 Å². The summed E-state index contributed by atoms with van der Waals surface area (Å²) in [6, 6.07) is 0. The van der Waals surface area contributed by atoms with E-state index in [0.29, 0.717) is 0 Å². The van der Waals surface area contributed by atoms with E-state index in [1.165, 1.54) is 6.92 Å². The number of hydrogen-bond donors (Lipinski definition) is 4. The Morgan fingerprint density at radius 3 is 2.72 bits per heavy atom. The summed E-state index contributed by atoms with van der Waals surface area (Å²) in [6.07, 6.45) is -4.48. The van der Waals surface area contributed by atoms with Crippen LogP contribution in [0.25, 0.3) is 0 Å².